The zero-order chi connectivity index (χ0) is 25.4. The fraction of sp³-hybridized carbons (Fsp3) is 0.0667. The van der Waals surface area contributed by atoms with Crippen molar-refractivity contribution in [3.8, 4) is 0 Å². The van der Waals surface area contributed by atoms with E-state index in [0.717, 1.165) is 15.9 Å². The minimum atomic E-state index is -2.80. The molecule has 4 aromatic rings. The summed E-state index contributed by atoms with van der Waals surface area (Å²) < 4.78 is 5.63. The lowest BCUT2D eigenvalue weighted by atomic mass is 10.2. The van der Waals surface area contributed by atoms with Gasteiger partial charge >= 0.3 is 5.97 Å². The molecular weight excluding hydrogens is 489 g/mol. The van der Waals surface area contributed by atoms with Gasteiger partial charge in [0, 0.05) is 5.56 Å². The Labute approximate surface area is 216 Å². The molecule has 0 radical (unpaired) electrons. The van der Waals surface area contributed by atoms with Gasteiger partial charge in [-0.3, -0.25) is 4.79 Å². The number of ether oxygens (including phenoxy) is 1. The summed E-state index contributed by atoms with van der Waals surface area (Å²) in [4.78, 5) is 26.5. The monoisotopic (exact) mass is 514 g/mol. The van der Waals surface area contributed by atoms with Crippen LogP contribution in [0.2, 0.25) is 0 Å². The summed E-state index contributed by atoms with van der Waals surface area (Å²) in [6.45, 7) is 1.86. The summed E-state index contributed by atoms with van der Waals surface area (Å²) >= 11 is 7.35. The van der Waals surface area contributed by atoms with Crippen LogP contribution < -0.4 is 21.2 Å². The van der Waals surface area contributed by atoms with E-state index in [9.17, 15) is 9.59 Å². The lowest BCUT2D eigenvalue weighted by Gasteiger charge is -2.27. The van der Waals surface area contributed by atoms with Crippen LogP contribution >= 0.6 is 18.9 Å². The van der Waals surface area contributed by atoms with Crippen LogP contribution in [0.5, 0.6) is 0 Å². The molecule has 1 N–H and O–H groups in total. The Morgan fingerprint density at radius 3 is 1.47 bits per heavy atom. The van der Waals surface area contributed by atoms with Crippen molar-refractivity contribution >= 4 is 46.7 Å². The molecule has 180 valence electrons. The summed E-state index contributed by atoms with van der Waals surface area (Å²) in [5, 5.41) is 5.64. The Morgan fingerprint density at radius 2 is 1.08 bits per heavy atom. The van der Waals surface area contributed by atoms with Crippen molar-refractivity contribution in [3.63, 3.8) is 0 Å². The van der Waals surface area contributed by atoms with Gasteiger partial charge in [-0.25, -0.2) is 4.79 Å². The average Bonchev–Trinajstić information content (AvgIpc) is 2.94. The van der Waals surface area contributed by atoms with Crippen LogP contribution in [0, 0.1) is 0 Å². The van der Waals surface area contributed by atoms with Crippen molar-refractivity contribution in [1.82, 2.24) is 5.32 Å². The fourth-order valence-corrected chi connectivity index (χ4v) is 8.99. The van der Waals surface area contributed by atoms with Crippen LogP contribution in [-0.4, -0.2) is 18.5 Å². The van der Waals surface area contributed by atoms with Crippen molar-refractivity contribution in [2.45, 2.75) is 6.92 Å². The SMILES string of the molecule is CCOC(=O)/C(NC(=O)c1ccccc1)=C(\Cl)[P+](c1ccccc1)(c1ccccc1)c1ccccc1. The fourth-order valence-electron chi connectivity index (χ4n) is 4.08. The van der Waals surface area contributed by atoms with Gasteiger partial charge in [-0.15, -0.1) is 0 Å². The first kappa shape index (κ1) is 25.4. The van der Waals surface area contributed by atoms with Gasteiger partial charge < -0.3 is 10.1 Å². The molecule has 0 bridgehead atoms. The molecule has 4 rings (SSSR count). The van der Waals surface area contributed by atoms with Crippen LogP contribution in [-0.2, 0) is 9.53 Å². The Hall–Kier alpha value is -3.72. The van der Waals surface area contributed by atoms with Crippen molar-refractivity contribution in [2.24, 2.45) is 0 Å². The molecule has 36 heavy (non-hydrogen) atoms. The zero-order valence-corrected chi connectivity index (χ0v) is 21.5. The van der Waals surface area contributed by atoms with E-state index in [4.69, 9.17) is 16.3 Å². The number of benzene rings is 4. The van der Waals surface area contributed by atoms with Gasteiger partial charge in [0.2, 0.25) is 4.77 Å². The predicted molar refractivity (Wildman–Crippen MR) is 149 cm³/mol. The highest BCUT2D eigenvalue weighted by atomic mass is 35.5. The number of carbonyl (C=O) groups excluding carboxylic acids is 2. The van der Waals surface area contributed by atoms with Gasteiger partial charge in [-0.05, 0) is 67.1 Å². The second-order valence-electron chi connectivity index (χ2n) is 7.88. The van der Waals surface area contributed by atoms with Gasteiger partial charge in [0.25, 0.3) is 5.91 Å². The number of hydrogen-bond donors (Lipinski definition) is 1. The molecule has 1 amide bonds. The molecule has 0 aliphatic carbocycles. The van der Waals surface area contributed by atoms with E-state index in [0.29, 0.717) is 5.56 Å². The van der Waals surface area contributed by atoms with E-state index in [1.165, 1.54) is 0 Å². The molecule has 6 heteroatoms. The third kappa shape index (κ3) is 5.11. The third-order valence-corrected chi connectivity index (χ3v) is 10.7. The van der Waals surface area contributed by atoms with Gasteiger partial charge in [0.1, 0.15) is 15.9 Å². The van der Waals surface area contributed by atoms with E-state index < -0.39 is 19.1 Å². The average molecular weight is 515 g/mol. The van der Waals surface area contributed by atoms with Crippen LogP contribution in [0.25, 0.3) is 0 Å². The predicted octanol–water partition coefficient (Wildman–Crippen LogP) is 5.38. The summed E-state index contributed by atoms with van der Waals surface area (Å²) in [5.74, 6) is -1.12. The van der Waals surface area contributed by atoms with E-state index in [1.807, 2.05) is 97.1 Å². The molecule has 0 aliphatic heterocycles. The van der Waals surface area contributed by atoms with Crippen molar-refractivity contribution in [3.05, 3.63) is 137 Å². The van der Waals surface area contributed by atoms with Crippen LogP contribution in [0.4, 0.5) is 0 Å². The summed E-state index contributed by atoms with van der Waals surface area (Å²) in [6, 6.07) is 38.3. The maximum Gasteiger partial charge on any atom is 0.360 e. The van der Waals surface area contributed by atoms with E-state index in [-0.39, 0.29) is 17.1 Å². The molecule has 0 atom stereocenters. The molecule has 0 fully saturated rings. The highest BCUT2D eigenvalue weighted by Crippen LogP contribution is 2.64. The number of nitrogens with one attached hydrogen (secondary N) is 1. The first-order chi connectivity index (χ1) is 17.6. The number of carbonyl (C=O) groups is 2. The second kappa shape index (κ2) is 11.8. The highest BCUT2D eigenvalue weighted by Gasteiger charge is 2.52. The van der Waals surface area contributed by atoms with Crippen molar-refractivity contribution < 1.29 is 14.3 Å². The Balaban J connectivity index is 2.04. The standard InChI is InChI=1S/C30H25ClNO3P/c1-2-35-30(34)27(32-29(33)23-15-7-3-8-16-23)28(31)36(24-17-9-4-10-18-24,25-19-11-5-12-20-25)26-21-13-6-14-22-26/h3-22H,2H2,1H3/p+1/b28-27-. The maximum atomic E-state index is 13.3. The number of amides is 1. The molecule has 4 aromatic carbocycles. The molecular formula is C30H26ClNO3P+. The third-order valence-electron chi connectivity index (χ3n) is 5.69. The van der Waals surface area contributed by atoms with Gasteiger partial charge in [-0.1, -0.05) is 72.8 Å². The Kier molecular flexibility index (Phi) is 8.32. The number of hydrogen-bond acceptors (Lipinski definition) is 3. The highest BCUT2D eigenvalue weighted by molar-refractivity contribution is 8.00. The number of rotatable bonds is 8. The normalized spacial score (nSPS) is 11.8. The largest absolute Gasteiger partial charge is 0.461 e. The Morgan fingerprint density at radius 1 is 0.694 bits per heavy atom. The smallest absolute Gasteiger partial charge is 0.360 e. The summed E-state index contributed by atoms with van der Waals surface area (Å²) in [6.07, 6.45) is 0. The second-order valence-corrected chi connectivity index (χ2v) is 11.9. The molecule has 0 aliphatic rings. The minimum Gasteiger partial charge on any atom is -0.461 e. The van der Waals surface area contributed by atoms with E-state index in [1.54, 1.807) is 31.2 Å². The van der Waals surface area contributed by atoms with Crippen LogP contribution in [0.1, 0.15) is 17.3 Å². The molecule has 0 aromatic heterocycles. The molecule has 0 spiro atoms. The lowest BCUT2D eigenvalue weighted by Crippen LogP contribution is -2.36. The lowest BCUT2D eigenvalue weighted by molar-refractivity contribution is -0.138. The topological polar surface area (TPSA) is 55.4 Å². The zero-order valence-electron chi connectivity index (χ0n) is 19.8. The number of esters is 1. The quantitative estimate of drug-likeness (QED) is 0.195. The van der Waals surface area contributed by atoms with Crippen molar-refractivity contribution in [2.75, 3.05) is 6.61 Å². The molecule has 0 heterocycles. The van der Waals surface area contributed by atoms with Crippen LogP contribution in [0.15, 0.2) is 132 Å². The maximum absolute atomic E-state index is 13.3. The van der Waals surface area contributed by atoms with Gasteiger partial charge in [0.05, 0.1) is 6.61 Å². The molecule has 4 nitrogen and oxygen atoms in total. The Bertz CT molecular complexity index is 1250. The minimum absolute atomic E-state index is 0.0581. The summed E-state index contributed by atoms with van der Waals surface area (Å²) in [5.41, 5.74) is 0.351. The van der Waals surface area contributed by atoms with Crippen LogP contribution in [0.3, 0.4) is 0 Å². The van der Waals surface area contributed by atoms with Gasteiger partial charge in [0.15, 0.2) is 13.0 Å². The van der Waals surface area contributed by atoms with Crippen molar-refractivity contribution in [1.29, 1.82) is 0 Å². The van der Waals surface area contributed by atoms with E-state index in [2.05, 4.69) is 5.32 Å². The summed E-state index contributed by atoms with van der Waals surface area (Å²) in [7, 11) is -2.80. The van der Waals surface area contributed by atoms with Gasteiger partial charge in [-0.2, -0.15) is 0 Å². The molecule has 0 unspecified atom stereocenters. The first-order valence-corrected chi connectivity index (χ1v) is 13.8. The molecule has 0 saturated heterocycles. The van der Waals surface area contributed by atoms with E-state index >= 15 is 0 Å². The molecule has 0 saturated carbocycles. The first-order valence-electron chi connectivity index (χ1n) is 11.6. The number of halogens is 1.